The van der Waals surface area contributed by atoms with E-state index in [4.69, 9.17) is 9.47 Å². The Morgan fingerprint density at radius 1 is 1.11 bits per heavy atom. The number of thiazole rings is 1. The van der Waals surface area contributed by atoms with Gasteiger partial charge in [0.2, 0.25) is 0 Å². The number of carbonyl (C=O) groups excluding carboxylic acids is 1. The molecule has 6 heteroatoms. The zero-order chi connectivity index (χ0) is 19.2. The molecule has 0 saturated carbocycles. The number of carboxylic acids is 1. The van der Waals surface area contributed by atoms with Gasteiger partial charge in [0.15, 0.2) is 11.5 Å². The predicted molar refractivity (Wildman–Crippen MR) is 103 cm³/mol. The molecule has 0 fully saturated rings. The summed E-state index contributed by atoms with van der Waals surface area (Å²) in [6.45, 7) is 4.93. The first-order valence-electron chi connectivity index (χ1n) is 8.65. The number of benzene rings is 2. The van der Waals surface area contributed by atoms with Crippen molar-refractivity contribution in [1.82, 2.24) is 4.98 Å². The average molecular weight is 382 g/mol. The minimum absolute atomic E-state index is 0.188. The molecule has 5 nitrogen and oxygen atoms in total. The van der Waals surface area contributed by atoms with E-state index in [9.17, 15) is 9.90 Å². The number of carbonyl (C=O) groups is 1. The number of aryl methyl sites for hydroxylation is 1. The van der Waals surface area contributed by atoms with Crippen molar-refractivity contribution in [1.29, 1.82) is 0 Å². The van der Waals surface area contributed by atoms with E-state index in [-0.39, 0.29) is 6.42 Å². The minimum atomic E-state index is -1.14. The number of nitrogens with zero attached hydrogens (tertiary/aromatic N) is 1. The first-order chi connectivity index (χ1) is 13.0. The van der Waals surface area contributed by atoms with Crippen LogP contribution in [-0.4, -0.2) is 17.6 Å². The van der Waals surface area contributed by atoms with E-state index < -0.39 is 5.97 Å². The summed E-state index contributed by atoms with van der Waals surface area (Å²) in [6.07, 6.45) is -0.188. The summed E-state index contributed by atoms with van der Waals surface area (Å²) < 4.78 is 11.7. The lowest BCUT2D eigenvalue weighted by Crippen LogP contribution is -2.24. The van der Waals surface area contributed by atoms with Gasteiger partial charge in [-0.25, -0.2) is 4.98 Å². The highest BCUT2D eigenvalue weighted by molar-refractivity contribution is 7.13. The van der Waals surface area contributed by atoms with Gasteiger partial charge in [-0.2, -0.15) is 0 Å². The number of hydrogen-bond acceptors (Lipinski definition) is 6. The van der Waals surface area contributed by atoms with E-state index in [2.05, 4.69) is 17.1 Å². The highest BCUT2D eigenvalue weighted by Gasteiger charge is 2.11. The standard InChI is InChI=1S/C21H21NO4S/c1-3-25-19-10-16(21-22-17(13-27-21)11-20(23)24)8-9-18(19)26-12-15-6-4-14(2)5-7-15/h4-10,13H,3,11-12H2,1-2H3,(H,23,24)/p-1. The quantitative estimate of drug-likeness (QED) is 0.597. The van der Waals surface area contributed by atoms with Crippen molar-refractivity contribution in [2.75, 3.05) is 6.61 Å². The van der Waals surface area contributed by atoms with Gasteiger partial charge in [0.05, 0.1) is 12.3 Å². The van der Waals surface area contributed by atoms with Crippen LogP contribution in [0.25, 0.3) is 10.6 Å². The molecule has 1 heterocycles. The third-order valence-corrected chi connectivity index (χ3v) is 4.82. The highest BCUT2D eigenvalue weighted by Crippen LogP contribution is 2.34. The largest absolute Gasteiger partial charge is 0.550 e. The normalized spacial score (nSPS) is 10.6. The van der Waals surface area contributed by atoms with Crippen LogP contribution in [0.2, 0.25) is 0 Å². The summed E-state index contributed by atoms with van der Waals surface area (Å²) in [5.74, 6) is 0.160. The zero-order valence-corrected chi connectivity index (χ0v) is 16.0. The van der Waals surface area contributed by atoms with Crippen molar-refractivity contribution in [3.8, 4) is 22.1 Å². The summed E-state index contributed by atoms with van der Waals surface area (Å²) in [6, 6.07) is 13.8. The minimum Gasteiger partial charge on any atom is -0.550 e. The fraction of sp³-hybridized carbons (Fsp3) is 0.238. The van der Waals surface area contributed by atoms with Crippen LogP contribution in [0, 0.1) is 6.92 Å². The van der Waals surface area contributed by atoms with E-state index in [1.54, 1.807) is 5.38 Å². The van der Waals surface area contributed by atoms with Crippen molar-refractivity contribution < 1.29 is 19.4 Å². The van der Waals surface area contributed by atoms with Crippen LogP contribution in [0.3, 0.4) is 0 Å². The number of rotatable bonds is 8. The molecular weight excluding hydrogens is 362 g/mol. The Hall–Kier alpha value is -2.86. The predicted octanol–water partition coefficient (Wildman–Crippen LogP) is 3.39. The summed E-state index contributed by atoms with van der Waals surface area (Å²) >= 11 is 1.39. The summed E-state index contributed by atoms with van der Waals surface area (Å²) in [5, 5.41) is 13.2. The third kappa shape index (κ3) is 5.08. The Balaban J connectivity index is 1.78. The number of ether oxygens (including phenoxy) is 2. The number of hydrogen-bond donors (Lipinski definition) is 0. The molecule has 0 bridgehead atoms. The second kappa shape index (κ2) is 8.68. The van der Waals surface area contributed by atoms with Crippen LogP contribution in [0.15, 0.2) is 47.8 Å². The number of aromatic nitrogens is 1. The van der Waals surface area contributed by atoms with Crippen LogP contribution in [-0.2, 0) is 17.8 Å². The molecule has 3 rings (SSSR count). The molecule has 1 aromatic heterocycles. The van der Waals surface area contributed by atoms with Gasteiger partial charge >= 0.3 is 0 Å². The Kier molecular flexibility index (Phi) is 6.08. The summed E-state index contributed by atoms with van der Waals surface area (Å²) in [4.78, 5) is 15.1. The maximum Gasteiger partial charge on any atom is 0.161 e. The van der Waals surface area contributed by atoms with Crippen molar-refractivity contribution >= 4 is 17.3 Å². The molecule has 0 spiro atoms. The molecular formula is C21H20NO4S-. The lowest BCUT2D eigenvalue weighted by atomic mass is 10.1. The van der Waals surface area contributed by atoms with Crippen LogP contribution >= 0.6 is 11.3 Å². The van der Waals surface area contributed by atoms with E-state index in [1.807, 2.05) is 44.2 Å². The van der Waals surface area contributed by atoms with Crippen molar-refractivity contribution in [2.45, 2.75) is 26.9 Å². The highest BCUT2D eigenvalue weighted by atomic mass is 32.1. The summed E-state index contributed by atoms with van der Waals surface area (Å²) in [5.41, 5.74) is 3.64. The summed E-state index contributed by atoms with van der Waals surface area (Å²) in [7, 11) is 0. The van der Waals surface area contributed by atoms with Gasteiger partial charge in [-0.15, -0.1) is 11.3 Å². The van der Waals surface area contributed by atoms with E-state index in [0.717, 1.165) is 16.1 Å². The third-order valence-electron chi connectivity index (χ3n) is 3.88. The molecule has 27 heavy (non-hydrogen) atoms. The van der Waals surface area contributed by atoms with Crippen molar-refractivity contribution in [3.05, 3.63) is 64.7 Å². The zero-order valence-electron chi connectivity index (χ0n) is 15.2. The second-order valence-electron chi connectivity index (χ2n) is 6.06. The van der Waals surface area contributed by atoms with Crippen LogP contribution in [0.5, 0.6) is 11.5 Å². The smallest absolute Gasteiger partial charge is 0.161 e. The number of aliphatic carboxylic acids is 1. The van der Waals surface area contributed by atoms with Crippen molar-refractivity contribution in [3.63, 3.8) is 0 Å². The molecule has 2 aromatic carbocycles. The monoisotopic (exact) mass is 382 g/mol. The lowest BCUT2D eigenvalue weighted by molar-refractivity contribution is -0.304. The van der Waals surface area contributed by atoms with E-state index >= 15 is 0 Å². The van der Waals surface area contributed by atoms with Crippen LogP contribution in [0.4, 0.5) is 0 Å². The molecule has 140 valence electrons. The SMILES string of the molecule is CCOc1cc(-c2nc(CC(=O)[O-])cs2)ccc1OCc1ccc(C)cc1. The fourth-order valence-corrected chi connectivity index (χ4v) is 3.36. The molecule has 0 aliphatic rings. The topological polar surface area (TPSA) is 71.5 Å². The Bertz CT molecular complexity index is 918. The fourth-order valence-electron chi connectivity index (χ4n) is 2.54. The van der Waals surface area contributed by atoms with E-state index in [0.29, 0.717) is 30.4 Å². The lowest BCUT2D eigenvalue weighted by Gasteiger charge is -2.13. The van der Waals surface area contributed by atoms with Gasteiger partial charge in [0.1, 0.15) is 11.6 Å². The molecule has 0 saturated heterocycles. The molecule has 0 radical (unpaired) electrons. The molecule has 0 N–H and O–H groups in total. The average Bonchev–Trinajstić information content (AvgIpc) is 3.10. The van der Waals surface area contributed by atoms with Crippen LogP contribution < -0.4 is 14.6 Å². The molecule has 0 aliphatic carbocycles. The van der Waals surface area contributed by atoms with Crippen LogP contribution in [0.1, 0.15) is 23.7 Å². The Morgan fingerprint density at radius 2 is 1.89 bits per heavy atom. The Labute approximate surface area is 162 Å². The van der Waals surface area contributed by atoms with Gasteiger partial charge in [-0.05, 0) is 37.6 Å². The van der Waals surface area contributed by atoms with Gasteiger partial charge in [-0.1, -0.05) is 29.8 Å². The van der Waals surface area contributed by atoms with Gasteiger partial charge in [0.25, 0.3) is 0 Å². The van der Waals surface area contributed by atoms with Crippen molar-refractivity contribution in [2.24, 2.45) is 0 Å². The number of carboxylic acid groups (broad SMARTS) is 1. The van der Waals surface area contributed by atoms with Gasteiger partial charge < -0.3 is 19.4 Å². The van der Waals surface area contributed by atoms with E-state index in [1.165, 1.54) is 16.9 Å². The maximum atomic E-state index is 10.7. The molecule has 3 aromatic rings. The molecule has 0 unspecified atom stereocenters. The molecule has 0 atom stereocenters. The van der Waals surface area contributed by atoms with Gasteiger partial charge in [-0.3, -0.25) is 0 Å². The second-order valence-corrected chi connectivity index (χ2v) is 6.92. The Morgan fingerprint density at radius 3 is 2.59 bits per heavy atom. The van der Waals surface area contributed by atoms with Gasteiger partial charge in [0, 0.05) is 23.3 Å². The molecule has 0 amide bonds. The first kappa shape index (κ1) is 18.9. The molecule has 0 aliphatic heterocycles. The maximum absolute atomic E-state index is 10.7. The first-order valence-corrected chi connectivity index (χ1v) is 9.53.